The molecule has 0 radical (unpaired) electrons. The van der Waals surface area contributed by atoms with Crippen LogP contribution in [-0.2, 0) is 0 Å². The molecule has 216 valence electrons. The highest BCUT2D eigenvalue weighted by atomic mass is 16.3. The number of hydrogen-bond donors (Lipinski definition) is 1. The Bertz CT molecular complexity index is 1430. The molecule has 1 aliphatic carbocycles. The van der Waals surface area contributed by atoms with Gasteiger partial charge in [-0.3, -0.25) is 0 Å². The van der Waals surface area contributed by atoms with Gasteiger partial charge in [-0.1, -0.05) is 133 Å². The van der Waals surface area contributed by atoms with E-state index in [4.69, 9.17) is 0 Å². The van der Waals surface area contributed by atoms with E-state index < -0.39 is 0 Å². The maximum atomic E-state index is 10.1. The molecule has 0 fully saturated rings. The zero-order valence-corrected chi connectivity index (χ0v) is 27.0. The topological polar surface area (TPSA) is 20.2 Å². The van der Waals surface area contributed by atoms with Gasteiger partial charge in [-0.05, 0) is 96.1 Å². The fraction of sp³-hybridized carbons (Fsp3) is 0.350. The minimum Gasteiger partial charge on any atom is -0.393 e. The molecular weight excluding hydrogens is 496 g/mol. The molecule has 1 aliphatic rings. The summed E-state index contributed by atoms with van der Waals surface area (Å²) < 4.78 is 0. The van der Waals surface area contributed by atoms with Crippen molar-refractivity contribution in [1.29, 1.82) is 0 Å². The number of rotatable bonds is 8. The number of allylic oxidation sites excluding steroid dienone is 16. The lowest BCUT2D eigenvalue weighted by Gasteiger charge is -2.34. The largest absolute Gasteiger partial charge is 0.393 e. The van der Waals surface area contributed by atoms with E-state index in [2.05, 4.69) is 159 Å². The molecule has 1 unspecified atom stereocenters. The SMILES string of the molecule is CC(C#CC1=C(C)CC(O)CC1(C)C)=CC=CC(C)=CC=CC=C(C)C=CC=C(C)C=Cc1ccc(C)c(C)c1C. The minimum atomic E-state index is -0.257. The Morgan fingerprint density at radius 2 is 1.34 bits per heavy atom. The second-order valence-corrected chi connectivity index (χ2v) is 12.1. The molecule has 1 nitrogen and oxygen atoms in total. The summed E-state index contributed by atoms with van der Waals surface area (Å²) in [5.74, 6) is 6.68. The zero-order valence-electron chi connectivity index (χ0n) is 27.0. The van der Waals surface area contributed by atoms with Crippen LogP contribution in [0.15, 0.2) is 112 Å². The molecule has 0 amide bonds. The monoisotopic (exact) mass is 546 g/mol. The van der Waals surface area contributed by atoms with Crippen molar-refractivity contribution < 1.29 is 5.11 Å². The summed E-state index contributed by atoms with van der Waals surface area (Å²) in [6.45, 7) is 21.3. The van der Waals surface area contributed by atoms with Crippen molar-refractivity contribution >= 4 is 6.08 Å². The molecule has 41 heavy (non-hydrogen) atoms. The summed E-state index contributed by atoms with van der Waals surface area (Å²) in [5.41, 5.74) is 12.2. The molecule has 0 aromatic heterocycles. The molecular formula is C40H50O. The second-order valence-electron chi connectivity index (χ2n) is 12.1. The van der Waals surface area contributed by atoms with Gasteiger partial charge in [0.2, 0.25) is 0 Å². The third-order valence-corrected chi connectivity index (χ3v) is 7.65. The Balaban J connectivity index is 1.91. The van der Waals surface area contributed by atoms with Crippen molar-refractivity contribution in [1.82, 2.24) is 0 Å². The maximum absolute atomic E-state index is 10.1. The molecule has 1 N–H and O–H groups in total. The lowest BCUT2D eigenvalue weighted by atomic mass is 9.72. The molecule has 1 aromatic rings. The fourth-order valence-electron chi connectivity index (χ4n) is 4.93. The average molecular weight is 547 g/mol. The number of aliphatic hydroxyl groups is 1. The van der Waals surface area contributed by atoms with E-state index in [0.29, 0.717) is 0 Å². The minimum absolute atomic E-state index is 0.0768. The summed E-state index contributed by atoms with van der Waals surface area (Å²) in [5, 5.41) is 10.1. The Labute approximate surface area is 250 Å². The summed E-state index contributed by atoms with van der Waals surface area (Å²) in [6, 6.07) is 4.39. The van der Waals surface area contributed by atoms with Crippen LogP contribution in [0.3, 0.4) is 0 Å². The Morgan fingerprint density at radius 1 is 0.780 bits per heavy atom. The van der Waals surface area contributed by atoms with E-state index in [9.17, 15) is 5.11 Å². The quantitative estimate of drug-likeness (QED) is 0.254. The molecule has 0 saturated carbocycles. The van der Waals surface area contributed by atoms with E-state index in [1.54, 1.807) is 0 Å². The van der Waals surface area contributed by atoms with Gasteiger partial charge in [0.25, 0.3) is 0 Å². The van der Waals surface area contributed by atoms with Gasteiger partial charge < -0.3 is 5.11 Å². The number of benzene rings is 1. The number of aryl methyl sites for hydroxylation is 1. The van der Waals surface area contributed by atoms with Crippen molar-refractivity contribution in [3.05, 3.63) is 135 Å². The maximum Gasteiger partial charge on any atom is 0.0586 e. The molecule has 2 rings (SSSR count). The first-order valence-electron chi connectivity index (χ1n) is 14.7. The highest BCUT2D eigenvalue weighted by Crippen LogP contribution is 2.39. The first-order valence-corrected chi connectivity index (χ1v) is 14.7. The normalized spacial score (nSPS) is 19.2. The van der Waals surface area contributed by atoms with E-state index in [1.807, 2.05) is 6.92 Å². The lowest BCUT2D eigenvalue weighted by molar-refractivity contribution is 0.117. The predicted molar refractivity (Wildman–Crippen MR) is 182 cm³/mol. The van der Waals surface area contributed by atoms with E-state index in [1.165, 1.54) is 50.1 Å². The van der Waals surface area contributed by atoms with Crippen LogP contribution in [0.25, 0.3) is 6.08 Å². The van der Waals surface area contributed by atoms with E-state index in [-0.39, 0.29) is 11.5 Å². The Kier molecular flexibility index (Phi) is 13.1. The van der Waals surface area contributed by atoms with Crippen LogP contribution < -0.4 is 0 Å². The van der Waals surface area contributed by atoms with Crippen LogP contribution in [0.1, 0.15) is 83.6 Å². The Hall–Kier alpha value is -3.60. The van der Waals surface area contributed by atoms with Crippen LogP contribution in [0.5, 0.6) is 0 Å². The van der Waals surface area contributed by atoms with Crippen molar-refractivity contribution in [3.8, 4) is 11.8 Å². The van der Waals surface area contributed by atoms with Crippen molar-refractivity contribution in [2.45, 2.75) is 88.2 Å². The summed E-state index contributed by atoms with van der Waals surface area (Å²) in [6.07, 6.45) is 26.5. The molecule has 0 spiro atoms. The molecule has 0 heterocycles. The standard InChI is InChI=1S/C40H50O/c1-29(17-13-19-31(3)21-24-37-25-23-33(5)35(7)36(37)8)15-11-12-16-30(2)18-14-20-32(4)22-26-39-34(6)27-38(41)28-40(39,9)10/h11-21,23-25,38,41H,27-28H2,1-10H3. The van der Waals surface area contributed by atoms with E-state index >= 15 is 0 Å². The van der Waals surface area contributed by atoms with Crippen molar-refractivity contribution in [3.63, 3.8) is 0 Å². The highest BCUT2D eigenvalue weighted by molar-refractivity contribution is 5.59. The van der Waals surface area contributed by atoms with Crippen LogP contribution in [0.4, 0.5) is 0 Å². The first kappa shape index (κ1) is 33.6. The number of aliphatic hydroxyl groups excluding tert-OH is 1. The third kappa shape index (κ3) is 11.4. The Morgan fingerprint density at radius 3 is 1.95 bits per heavy atom. The smallest absolute Gasteiger partial charge is 0.0586 e. The summed E-state index contributed by atoms with van der Waals surface area (Å²) >= 11 is 0. The molecule has 0 saturated heterocycles. The highest BCUT2D eigenvalue weighted by Gasteiger charge is 2.31. The molecule has 1 heteroatoms. The fourth-order valence-corrected chi connectivity index (χ4v) is 4.93. The first-order chi connectivity index (χ1) is 19.3. The third-order valence-electron chi connectivity index (χ3n) is 7.65. The van der Waals surface area contributed by atoms with Crippen LogP contribution in [-0.4, -0.2) is 11.2 Å². The van der Waals surface area contributed by atoms with Crippen molar-refractivity contribution in [2.24, 2.45) is 5.41 Å². The number of hydrogen-bond acceptors (Lipinski definition) is 1. The summed E-state index contributed by atoms with van der Waals surface area (Å²) in [7, 11) is 0. The van der Waals surface area contributed by atoms with Crippen LogP contribution in [0.2, 0.25) is 0 Å². The van der Waals surface area contributed by atoms with Crippen LogP contribution in [0, 0.1) is 38.0 Å². The van der Waals surface area contributed by atoms with Gasteiger partial charge in [-0.15, -0.1) is 0 Å². The van der Waals surface area contributed by atoms with E-state index in [0.717, 1.165) is 18.4 Å². The predicted octanol–water partition coefficient (Wildman–Crippen LogP) is 10.6. The van der Waals surface area contributed by atoms with Gasteiger partial charge in [0, 0.05) is 11.0 Å². The van der Waals surface area contributed by atoms with Gasteiger partial charge in [0.05, 0.1) is 6.10 Å². The van der Waals surface area contributed by atoms with Gasteiger partial charge in [0.15, 0.2) is 0 Å². The average Bonchev–Trinajstić information content (AvgIpc) is 2.88. The molecule has 1 atom stereocenters. The van der Waals surface area contributed by atoms with Crippen molar-refractivity contribution in [2.75, 3.05) is 0 Å². The molecule has 0 aliphatic heterocycles. The lowest BCUT2D eigenvalue weighted by Crippen LogP contribution is -2.28. The second kappa shape index (κ2) is 16.0. The molecule has 1 aromatic carbocycles. The van der Waals surface area contributed by atoms with Crippen LogP contribution >= 0.6 is 0 Å². The molecule has 0 bridgehead atoms. The van der Waals surface area contributed by atoms with Gasteiger partial charge >= 0.3 is 0 Å². The zero-order chi connectivity index (χ0) is 30.6. The van der Waals surface area contributed by atoms with Gasteiger partial charge in [-0.25, -0.2) is 0 Å². The van der Waals surface area contributed by atoms with Gasteiger partial charge in [0.1, 0.15) is 0 Å². The summed E-state index contributed by atoms with van der Waals surface area (Å²) in [4.78, 5) is 0. The van der Waals surface area contributed by atoms with Gasteiger partial charge in [-0.2, -0.15) is 0 Å².